The number of halogens is 2. The standard InChI is InChI=1S/C13H19BrClNOS/c1-2-5-16-12(9-3-6-17-7-4-9)11-8-10(14)13(15)18-11/h8-9,12,16H,2-7H2,1H3. The molecule has 18 heavy (non-hydrogen) atoms. The number of hydrogen-bond donors (Lipinski definition) is 1. The predicted octanol–water partition coefficient (Wildman–Crippen LogP) is 4.63. The highest BCUT2D eigenvalue weighted by atomic mass is 79.9. The van der Waals surface area contributed by atoms with Crippen LogP contribution in [0.25, 0.3) is 0 Å². The van der Waals surface area contributed by atoms with Gasteiger partial charge in [-0.25, -0.2) is 0 Å². The smallest absolute Gasteiger partial charge is 0.107 e. The van der Waals surface area contributed by atoms with Crippen molar-refractivity contribution in [3.05, 3.63) is 19.8 Å². The van der Waals surface area contributed by atoms with Gasteiger partial charge in [0.15, 0.2) is 0 Å². The highest BCUT2D eigenvalue weighted by Crippen LogP contribution is 2.39. The molecule has 1 aliphatic heterocycles. The van der Waals surface area contributed by atoms with Gasteiger partial charge >= 0.3 is 0 Å². The molecule has 1 N–H and O–H groups in total. The van der Waals surface area contributed by atoms with E-state index in [9.17, 15) is 0 Å². The molecule has 1 aliphatic rings. The van der Waals surface area contributed by atoms with Gasteiger partial charge in [0.2, 0.25) is 0 Å². The lowest BCUT2D eigenvalue weighted by Gasteiger charge is -2.30. The van der Waals surface area contributed by atoms with E-state index >= 15 is 0 Å². The molecule has 5 heteroatoms. The van der Waals surface area contributed by atoms with Gasteiger partial charge < -0.3 is 10.1 Å². The van der Waals surface area contributed by atoms with E-state index in [0.29, 0.717) is 12.0 Å². The van der Waals surface area contributed by atoms with Crippen LogP contribution in [0.3, 0.4) is 0 Å². The Morgan fingerprint density at radius 3 is 2.83 bits per heavy atom. The molecule has 1 aromatic rings. The molecule has 1 atom stereocenters. The van der Waals surface area contributed by atoms with Gasteiger partial charge in [0.25, 0.3) is 0 Å². The van der Waals surface area contributed by atoms with Crippen molar-refractivity contribution in [1.82, 2.24) is 5.32 Å². The Labute approximate surface area is 126 Å². The van der Waals surface area contributed by atoms with Crippen molar-refractivity contribution >= 4 is 38.9 Å². The molecule has 1 fully saturated rings. The van der Waals surface area contributed by atoms with Gasteiger partial charge in [-0.15, -0.1) is 11.3 Å². The first-order chi connectivity index (χ1) is 8.72. The molecule has 2 rings (SSSR count). The summed E-state index contributed by atoms with van der Waals surface area (Å²) in [6.07, 6.45) is 3.42. The van der Waals surface area contributed by atoms with Crippen LogP contribution < -0.4 is 5.32 Å². The molecular formula is C13H19BrClNOS. The Balaban J connectivity index is 2.12. The van der Waals surface area contributed by atoms with Crippen molar-refractivity contribution in [1.29, 1.82) is 0 Å². The third-order valence-electron chi connectivity index (χ3n) is 3.32. The van der Waals surface area contributed by atoms with Crippen LogP contribution in [0.5, 0.6) is 0 Å². The quantitative estimate of drug-likeness (QED) is 0.834. The summed E-state index contributed by atoms with van der Waals surface area (Å²) in [6.45, 7) is 5.02. The summed E-state index contributed by atoms with van der Waals surface area (Å²) < 4.78 is 7.32. The molecule has 2 heterocycles. The van der Waals surface area contributed by atoms with Gasteiger partial charge in [-0.2, -0.15) is 0 Å². The summed E-state index contributed by atoms with van der Waals surface area (Å²) in [5, 5.41) is 3.67. The van der Waals surface area contributed by atoms with Crippen molar-refractivity contribution in [3.8, 4) is 0 Å². The first-order valence-electron chi connectivity index (χ1n) is 6.48. The Bertz CT molecular complexity index is 360. The second-order valence-corrected chi connectivity index (χ2v) is 7.19. The minimum atomic E-state index is 0.419. The van der Waals surface area contributed by atoms with E-state index in [2.05, 4.69) is 34.2 Å². The fourth-order valence-electron chi connectivity index (χ4n) is 2.37. The van der Waals surface area contributed by atoms with Gasteiger partial charge in [-0.05, 0) is 53.7 Å². The van der Waals surface area contributed by atoms with Gasteiger partial charge in [-0.1, -0.05) is 18.5 Å². The number of thiophene rings is 1. The van der Waals surface area contributed by atoms with Crippen LogP contribution in [0.1, 0.15) is 37.1 Å². The van der Waals surface area contributed by atoms with Gasteiger partial charge in [0, 0.05) is 28.6 Å². The monoisotopic (exact) mass is 351 g/mol. The van der Waals surface area contributed by atoms with E-state index in [-0.39, 0.29) is 0 Å². The summed E-state index contributed by atoms with van der Waals surface area (Å²) in [6, 6.07) is 2.58. The lowest BCUT2D eigenvalue weighted by Crippen LogP contribution is -2.32. The topological polar surface area (TPSA) is 21.3 Å². The molecule has 2 nitrogen and oxygen atoms in total. The summed E-state index contributed by atoms with van der Waals surface area (Å²) in [7, 11) is 0. The molecule has 0 spiro atoms. The summed E-state index contributed by atoms with van der Waals surface area (Å²) >= 11 is 11.3. The summed E-state index contributed by atoms with van der Waals surface area (Å²) in [5.41, 5.74) is 0. The van der Waals surface area contributed by atoms with Crippen molar-refractivity contribution in [2.75, 3.05) is 19.8 Å². The lowest BCUT2D eigenvalue weighted by molar-refractivity contribution is 0.0540. The fraction of sp³-hybridized carbons (Fsp3) is 0.692. The first kappa shape index (κ1) is 14.8. The molecule has 0 aromatic carbocycles. The minimum absolute atomic E-state index is 0.419. The van der Waals surface area contributed by atoms with Gasteiger partial charge in [-0.3, -0.25) is 0 Å². The first-order valence-corrected chi connectivity index (χ1v) is 8.47. The molecule has 1 saturated heterocycles. The van der Waals surface area contributed by atoms with E-state index in [1.165, 1.54) is 4.88 Å². The highest BCUT2D eigenvalue weighted by Gasteiger charge is 2.26. The van der Waals surface area contributed by atoms with E-state index in [1.807, 2.05) is 0 Å². The van der Waals surface area contributed by atoms with Gasteiger partial charge in [0.1, 0.15) is 4.34 Å². The maximum atomic E-state index is 6.17. The number of rotatable bonds is 5. The molecule has 0 bridgehead atoms. The maximum absolute atomic E-state index is 6.17. The van der Waals surface area contributed by atoms with Crippen LogP contribution in [-0.4, -0.2) is 19.8 Å². The molecular weight excluding hydrogens is 334 g/mol. The van der Waals surface area contributed by atoms with Crippen molar-refractivity contribution in [2.45, 2.75) is 32.2 Å². The van der Waals surface area contributed by atoms with E-state index in [4.69, 9.17) is 16.3 Å². The number of hydrogen-bond acceptors (Lipinski definition) is 3. The lowest BCUT2D eigenvalue weighted by atomic mass is 9.90. The molecule has 0 saturated carbocycles. The van der Waals surface area contributed by atoms with Gasteiger partial charge in [0.05, 0.1) is 0 Å². The Hall–Kier alpha value is 0.390. The fourth-order valence-corrected chi connectivity index (χ4v) is 4.27. The Morgan fingerprint density at radius 1 is 1.56 bits per heavy atom. The molecule has 0 amide bonds. The van der Waals surface area contributed by atoms with E-state index < -0.39 is 0 Å². The largest absolute Gasteiger partial charge is 0.381 e. The van der Waals surface area contributed by atoms with E-state index in [1.54, 1.807) is 11.3 Å². The zero-order chi connectivity index (χ0) is 13.0. The zero-order valence-corrected chi connectivity index (χ0v) is 13.7. The number of nitrogens with one attached hydrogen (secondary N) is 1. The third-order valence-corrected chi connectivity index (χ3v) is 5.88. The maximum Gasteiger partial charge on any atom is 0.107 e. The second-order valence-electron chi connectivity index (χ2n) is 4.65. The third kappa shape index (κ3) is 3.70. The second kappa shape index (κ2) is 7.25. The summed E-state index contributed by atoms with van der Waals surface area (Å²) in [5.74, 6) is 0.659. The molecule has 0 radical (unpaired) electrons. The Morgan fingerprint density at radius 2 is 2.28 bits per heavy atom. The number of ether oxygens (including phenoxy) is 1. The molecule has 1 unspecified atom stereocenters. The predicted molar refractivity (Wildman–Crippen MR) is 81.6 cm³/mol. The summed E-state index contributed by atoms with van der Waals surface area (Å²) in [4.78, 5) is 1.34. The van der Waals surface area contributed by atoms with Crippen LogP contribution >= 0.6 is 38.9 Å². The molecule has 1 aromatic heterocycles. The Kier molecular flexibility index (Phi) is 5.96. The average Bonchev–Trinajstić information content (AvgIpc) is 2.71. The molecule has 102 valence electrons. The van der Waals surface area contributed by atoms with Crippen LogP contribution in [0.15, 0.2) is 10.5 Å². The van der Waals surface area contributed by atoms with Crippen LogP contribution in [0, 0.1) is 5.92 Å². The minimum Gasteiger partial charge on any atom is -0.381 e. The van der Waals surface area contributed by atoms with Crippen LogP contribution in [0.2, 0.25) is 4.34 Å². The van der Waals surface area contributed by atoms with Crippen molar-refractivity contribution in [2.24, 2.45) is 5.92 Å². The van der Waals surface area contributed by atoms with Crippen molar-refractivity contribution in [3.63, 3.8) is 0 Å². The molecule has 0 aliphatic carbocycles. The van der Waals surface area contributed by atoms with E-state index in [0.717, 1.165) is 47.8 Å². The zero-order valence-electron chi connectivity index (χ0n) is 10.5. The normalized spacial score (nSPS) is 19.1. The highest BCUT2D eigenvalue weighted by molar-refractivity contribution is 9.10. The van der Waals surface area contributed by atoms with Crippen LogP contribution in [0.4, 0.5) is 0 Å². The van der Waals surface area contributed by atoms with Crippen LogP contribution in [-0.2, 0) is 4.74 Å². The van der Waals surface area contributed by atoms with Crippen molar-refractivity contribution < 1.29 is 4.74 Å². The SMILES string of the molecule is CCCNC(c1cc(Br)c(Cl)s1)C1CCOCC1. The average molecular weight is 353 g/mol.